The number of benzene rings is 2. The standard InChI is InChI=1S/C22H22F6N4O2/c23-21(24,25)15-4-3-5-16(12-15)29-13-20(34)32-10-8-31(9-11-32)14-19(33)30-18-7-2-1-6-17(18)22(26,27)28/h1-7,12,29H,8-11,13-14H2,(H,30,33). The highest BCUT2D eigenvalue weighted by atomic mass is 19.4. The van der Waals surface area contributed by atoms with Crippen LogP contribution < -0.4 is 10.6 Å². The lowest BCUT2D eigenvalue weighted by molar-refractivity contribution is -0.138. The molecule has 0 aliphatic carbocycles. The largest absolute Gasteiger partial charge is 0.418 e. The summed E-state index contributed by atoms with van der Waals surface area (Å²) in [7, 11) is 0. The predicted octanol–water partition coefficient (Wildman–Crippen LogP) is 3.92. The molecule has 1 aliphatic heterocycles. The molecule has 1 heterocycles. The van der Waals surface area contributed by atoms with E-state index in [4.69, 9.17) is 0 Å². The number of nitrogens with zero attached hydrogens (tertiary/aromatic N) is 2. The van der Waals surface area contributed by atoms with Crippen molar-refractivity contribution in [3.8, 4) is 0 Å². The third-order valence-electron chi connectivity index (χ3n) is 5.23. The van der Waals surface area contributed by atoms with Crippen LogP contribution in [-0.2, 0) is 21.9 Å². The molecule has 0 aromatic heterocycles. The summed E-state index contributed by atoms with van der Waals surface area (Å²) in [5, 5.41) is 4.96. The fourth-order valence-corrected chi connectivity index (χ4v) is 3.48. The molecule has 0 unspecified atom stereocenters. The molecule has 184 valence electrons. The Balaban J connectivity index is 1.46. The average Bonchev–Trinajstić information content (AvgIpc) is 2.77. The molecule has 0 spiro atoms. The lowest BCUT2D eigenvalue weighted by Crippen LogP contribution is -2.51. The summed E-state index contributed by atoms with van der Waals surface area (Å²) < 4.78 is 77.6. The van der Waals surface area contributed by atoms with E-state index in [-0.39, 0.29) is 43.5 Å². The molecule has 1 saturated heterocycles. The van der Waals surface area contributed by atoms with Crippen LogP contribution in [0.15, 0.2) is 48.5 Å². The van der Waals surface area contributed by atoms with Gasteiger partial charge in [0.15, 0.2) is 0 Å². The lowest BCUT2D eigenvalue weighted by atomic mass is 10.1. The molecular formula is C22H22F6N4O2. The third-order valence-corrected chi connectivity index (χ3v) is 5.23. The van der Waals surface area contributed by atoms with Crippen LogP contribution in [0.25, 0.3) is 0 Å². The van der Waals surface area contributed by atoms with Crippen molar-refractivity contribution in [1.82, 2.24) is 9.80 Å². The summed E-state index contributed by atoms with van der Waals surface area (Å²) in [6.07, 6.45) is -9.09. The molecule has 3 rings (SSSR count). The first-order chi connectivity index (χ1) is 15.9. The second kappa shape index (κ2) is 10.3. The number of anilines is 2. The number of amides is 2. The van der Waals surface area contributed by atoms with Crippen molar-refractivity contribution >= 4 is 23.2 Å². The highest BCUT2D eigenvalue weighted by Gasteiger charge is 2.34. The smallest absolute Gasteiger partial charge is 0.376 e. The second-order valence-electron chi connectivity index (χ2n) is 7.68. The monoisotopic (exact) mass is 488 g/mol. The van der Waals surface area contributed by atoms with Gasteiger partial charge in [0.05, 0.1) is 29.9 Å². The number of carbonyl (C=O) groups excluding carboxylic acids is 2. The third kappa shape index (κ3) is 6.86. The van der Waals surface area contributed by atoms with Gasteiger partial charge in [-0.05, 0) is 30.3 Å². The van der Waals surface area contributed by atoms with Crippen molar-refractivity contribution in [3.63, 3.8) is 0 Å². The van der Waals surface area contributed by atoms with E-state index in [0.717, 1.165) is 18.2 Å². The van der Waals surface area contributed by atoms with Gasteiger partial charge in [0.25, 0.3) is 0 Å². The van der Waals surface area contributed by atoms with E-state index in [0.29, 0.717) is 13.1 Å². The maximum atomic E-state index is 13.1. The van der Waals surface area contributed by atoms with Crippen LogP contribution in [0, 0.1) is 0 Å². The minimum absolute atomic E-state index is 0.142. The van der Waals surface area contributed by atoms with Crippen molar-refractivity contribution < 1.29 is 35.9 Å². The Hall–Kier alpha value is -3.28. The molecule has 2 aromatic carbocycles. The van der Waals surface area contributed by atoms with Crippen LogP contribution >= 0.6 is 0 Å². The molecule has 34 heavy (non-hydrogen) atoms. The Kier molecular flexibility index (Phi) is 7.70. The van der Waals surface area contributed by atoms with Crippen molar-refractivity contribution in [2.45, 2.75) is 12.4 Å². The van der Waals surface area contributed by atoms with Gasteiger partial charge in [-0.15, -0.1) is 0 Å². The normalized spacial score (nSPS) is 15.2. The van der Waals surface area contributed by atoms with Crippen LogP contribution in [0.4, 0.5) is 37.7 Å². The second-order valence-corrected chi connectivity index (χ2v) is 7.68. The van der Waals surface area contributed by atoms with E-state index in [1.165, 1.54) is 35.2 Å². The predicted molar refractivity (Wildman–Crippen MR) is 113 cm³/mol. The molecule has 0 atom stereocenters. The summed E-state index contributed by atoms with van der Waals surface area (Å²) >= 11 is 0. The Morgan fingerprint density at radius 3 is 2.18 bits per heavy atom. The van der Waals surface area contributed by atoms with Gasteiger partial charge in [-0.2, -0.15) is 26.3 Å². The van der Waals surface area contributed by atoms with Gasteiger partial charge in [-0.3, -0.25) is 14.5 Å². The van der Waals surface area contributed by atoms with E-state index in [1.807, 2.05) is 0 Å². The summed E-state index contributed by atoms with van der Waals surface area (Å²) in [6, 6.07) is 9.20. The van der Waals surface area contributed by atoms with Gasteiger partial charge in [-0.1, -0.05) is 18.2 Å². The van der Waals surface area contributed by atoms with Gasteiger partial charge in [0.1, 0.15) is 0 Å². The van der Waals surface area contributed by atoms with Crippen molar-refractivity contribution in [1.29, 1.82) is 0 Å². The number of carbonyl (C=O) groups is 2. The summed E-state index contributed by atoms with van der Waals surface area (Å²) in [6.45, 7) is 0.852. The molecule has 2 amide bonds. The quantitative estimate of drug-likeness (QED) is 0.606. The molecular weight excluding hydrogens is 466 g/mol. The van der Waals surface area contributed by atoms with Gasteiger partial charge in [0, 0.05) is 31.9 Å². The van der Waals surface area contributed by atoms with Crippen LogP contribution in [0.2, 0.25) is 0 Å². The van der Waals surface area contributed by atoms with Crippen LogP contribution in [0.3, 0.4) is 0 Å². The van der Waals surface area contributed by atoms with Crippen LogP contribution in [-0.4, -0.2) is 60.9 Å². The zero-order chi connectivity index (χ0) is 24.9. The first-order valence-electron chi connectivity index (χ1n) is 10.3. The van der Waals surface area contributed by atoms with Crippen LogP contribution in [0.5, 0.6) is 0 Å². The first kappa shape index (κ1) is 25.3. The van der Waals surface area contributed by atoms with Crippen molar-refractivity contribution in [3.05, 3.63) is 59.7 Å². The minimum Gasteiger partial charge on any atom is -0.376 e. The number of piperazine rings is 1. The van der Waals surface area contributed by atoms with Gasteiger partial charge in [0.2, 0.25) is 11.8 Å². The van der Waals surface area contributed by atoms with E-state index in [2.05, 4.69) is 10.6 Å². The number of hydrogen-bond donors (Lipinski definition) is 2. The van der Waals surface area contributed by atoms with E-state index in [9.17, 15) is 35.9 Å². The molecule has 0 bridgehead atoms. The number of halogens is 6. The molecule has 0 saturated carbocycles. The Labute approximate surface area is 191 Å². The fourth-order valence-electron chi connectivity index (χ4n) is 3.48. The Morgan fingerprint density at radius 1 is 0.853 bits per heavy atom. The summed E-state index contributed by atoms with van der Waals surface area (Å²) in [5.41, 5.74) is -1.92. The molecule has 2 aromatic rings. The first-order valence-corrected chi connectivity index (χ1v) is 10.3. The van der Waals surface area contributed by atoms with Gasteiger partial charge < -0.3 is 15.5 Å². The molecule has 1 fully saturated rings. The summed E-state index contributed by atoms with van der Waals surface area (Å²) in [4.78, 5) is 27.8. The van der Waals surface area contributed by atoms with Crippen LogP contribution in [0.1, 0.15) is 11.1 Å². The SMILES string of the molecule is O=C(CN1CCN(C(=O)CNc2cccc(C(F)(F)F)c2)CC1)Nc1ccccc1C(F)(F)F. The number of nitrogens with one attached hydrogen (secondary N) is 2. The van der Waals surface area contributed by atoms with Crippen molar-refractivity contribution in [2.24, 2.45) is 0 Å². The molecule has 12 heteroatoms. The minimum atomic E-state index is -4.60. The maximum absolute atomic E-state index is 13.1. The van der Waals surface area contributed by atoms with E-state index >= 15 is 0 Å². The average molecular weight is 488 g/mol. The molecule has 1 aliphatic rings. The number of hydrogen-bond acceptors (Lipinski definition) is 4. The number of para-hydroxylation sites is 1. The van der Waals surface area contributed by atoms with E-state index in [1.54, 1.807) is 4.90 Å². The Morgan fingerprint density at radius 2 is 1.53 bits per heavy atom. The maximum Gasteiger partial charge on any atom is 0.418 e. The number of alkyl halides is 6. The molecule has 0 radical (unpaired) electrons. The molecule has 6 nitrogen and oxygen atoms in total. The fraction of sp³-hybridized carbons (Fsp3) is 0.364. The Bertz CT molecular complexity index is 1020. The lowest BCUT2D eigenvalue weighted by Gasteiger charge is -2.34. The zero-order valence-corrected chi connectivity index (χ0v) is 17.8. The van der Waals surface area contributed by atoms with Gasteiger partial charge in [-0.25, -0.2) is 0 Å². The highest BCUT2D eigenvalue weighted by molar-refractivity contribution is 5.93. The molecule has 2 N–H and O–H groups in total. The summed E-state index contributed by atoms with van der Waals surface area (Å²) in [5.74, 6) is -0.927. The van der Waals surface area contributed by atoms with Gasteiger partial charge >= 0.3 is 12.4 Å². The zero-order valence-electron chi connectivity index (χ0n) is 17.8. The highest BCUT2D eigenvalue weighted by Crippen LogP contribution is 2.34. The topological polar surface area (TPSA) is 64.7 Å². The van der Waals surface area contributed by atoms with Crippen molar-refractivity contribution in [2.75, 3.05) is 49.9 Å². The number of rotatable bonds is 6. The van der Waals surface area contributed by atoms with E-state index < -0.39 is 29.4 Å².